The zero-order chi connectivity index (χ0) is 15.8. The topological polar surface area (TPSA) is 80.8 Å². The molecule has 2 saturated carbocycles. The smallest absolute Gasteiger partial charge is 0.309 e. The Morgan fingerprint density at radius 1 is 1.00 bits per heavy atom. The number of esters is 1. The lowest BCUT2D eigenvalue weighted by Crippen LogP contribution is -2.29. The lowest BCUT2D eigenvalue weighted by Gasteiger charge is -2.21. The Kier molecular flexibility index (Phi) is 4.58. The van der Waals surface area contributed by atoms with Crippen LogP contribution in [0.5, 0.6) is 0 Å². The van der Waals surface area contributed by atoms with E-state index in [1.54, 1.807) is 0 Å². The predicted molar refractivity (Wildman–Crippen MR) is 79.8 cm³/mol. The van der Waals surface area contributed by atoms with Crippen LogP contribution in [-0.2, 0) is 23.7 Å². The minimum Gasteiger partial charge on any atom is -0.463 e. The Balaban J connectivity index is 1.08. The van der Waals surface area contributed by atoms with E-state index in [0.717, 1.165) is 38.5 Å². The van der Waals surface area contributed by atoms with Crippen molar-refractivity contribution in [2.75, 3.05) is 19.8 Å². The number of carbonyl (C=O) groups is 1. The molecule has 6 nitrogen and oxygen atoms in total. The largest absolute Gasteiger partial charge is 0.463 e. The van der Waals surface area contributed by atoms with Crippen LogP contribution in [-0.4, -0.2) is 61.4 Å². The van der Waals surface area contributed by atoms with Gasteiger partial charge in [0.15, 0.2) is 0 Å². The van der Waals surface area contributed by atoms with Gasteiger partial charge in [0.25, 0.3) is 0 Å². The van der Waals surface area contributed by atoms with Crippen molar-refractivity contribution >= 4 is 5.97 Å². The second-order valence-corrected chi connectivity index (χ2v) is 7.44. The molecule has 4 fully saturated rings. The van der Waals surface area contributed by atoms with E-state index in [1.165, 1.54) is 0 Å². The zero-order valence-corrected chi connectivity index (χ0v) is 13.4. The first-order valence-corrected chi connectivity index (χ1v) is 8.92. The summed E-state index contributed by atoms with van der Waals surface area (Å²) < 4.78 is 21.7. The van der Waals surface area contributed by atoms with E-state index in [4.69, 9.17) is 18.9 Å². The first-order valence-electron chi connectivity index (χ1n) is 8.92. The summed E-state index contributed by atoms with van der Waals surface area (Å²) in [7, 11) is 0. The molecule has 23 heavy (non-hydrogen) atoms. The molecule has 7 unspecified atom stereocenters. The molecule has 130 valence electrons. The molecule has 2 aliphatic carbocycles. The normalized spacial score (nSPS) is 42.3. The third-order valence-electron chi connectivity index (χ3n) is 5.53. The average molecular weight is 326 g/mol. The van der Waals surface area contributed by atoms with Crippen molar-refractivity contribution in [3.63, 3.8) is 0 Å². The molecule has 2 heterocycles. The maximum Gasteiger partial charge on any atom is 0.309 e. The number of epoxide rings is 2. The van der Waals surface area contributed by atoms with Crippen molar-refractivity contribution in [1.82, 2.24) is 0 Å². The Morgan fingerprint density at radius 2 is 1.74 bits per heavy atom. The maximum atomic E-state index is 12.0. The summed E-state index contributed by atoms with van der Waals surface area (Å²) in [6.07, 6.45) is 6.74. The summed E-state index contributed by atoms with van der Waals surface area (Å²) in [6, 6.07) is 0. The van der Waals surface area contributed by atoms with Gasteiger partial charge in [0.2, 0.25) is 0 Å². The fraction of sp³-hybridized carbons (Fsp3) is 0.941. The predicted octanol–water partition coefficient (Wildman–Crippen LogP) is 1.04. The monoisotopic (exact) mass is 326 g/mol. The average Bonchev–Trinajstić information content (AvgIpc) is 3.44. The molecule has 1 N–H and O–H groups in total. The molecule has 4 rings (SSSR count). The summed E-state index contributed by atoms with van der Waals surface area (Å²) in [5, 5.41) is 9.89. The molecule has 2 aliphatic heterocycles. The van der Waals surface area contributed by atoms with Crippen molar-refractivity contribution in [3.05, 3.63) is 0 Å². The lowest BCUT2D eigenvalue weighted by molar-refractivity contribution is -0.153. The first-order chi connectivity index (χ1) is 11.2. The van der Waals surface area contributed by atoms with Crippen molar-refractivity contribution in [1.29, 1.82) is 0 Å². The molecule has 0 aromatic carbocycles. The van der Waals surface area contributed by atoms with Crippen LogP contribution >= 0.6 is 0 Å². The standard InChI is InChI=1S/C17H26O6/c18-12(8-20-7-10-1-3-13-15(5-10)22-13)9-21-17(19)11-2-4-14-16(6-11)23-14/h10-16,18H,1-9H2. The summed E-state index contributed by atoms with van der Waals surface area (Å²) in [5.41, 5.74) is 0. The second kappa shape index (κ2) is 6.67. The molecular formula is C17H26O6. The van der Waals surface area contributed by atoms with E-state index in [1.807, 2.05) is 0 Å². The Hall–Kier alpha value is -0.690. The van der Waals surface area contributed by atoms with Gasteiger partial charge in [-0.25, -0.2) is 0 Å². The summed E-state index contributed by atoms with van der Waals surface area (Å²) in [6.45, 7) is 0.889. The van der Waals surface area contributed by atoms with Crippen LogP contribution in [0.3, 0.4) is 0 Å². The van der Waals surface area contributed by atoms with Crippen molar-refractivity contribution in [2.45, 2.75) is 69.0 Å². The van der Waals surface area contributed by atoms with Gasteiger partial charge in [-0.3, -0.25) is 4.79 Å². The summed E-state index contributed by atoms with van der Waals surface area (Å²) in [4.78, 5) is 12.0. The molecule has 0 amide bonds. The highest BCUT2D eigenvalue weighted by Crippen LogP contribution is 2.40. The fourth-order valence-corrected chi connectivity index (χ4v) is 3.97. The molecule has 6 heteroatoms. The van der Waals surface area contributed by atoms with E-state index >= 15 is 0 Å². The second-order valence-electron chi connectivity index (χ2n) is 7.44. The minimum atomic E-state index is -0.749. The summed E-state index contributed by atoms with van der Waals surface area (Å²) in [5.74, 6) is 0.255. The third kappa shape index (κ3) is 4.05. The third-order valence-corrected chi connectivity index (χ3v) is 5.53. The molecule has 4 aliphatic rings. The molecule has 0 radical (unpaired) electrons. The van der Waals surface area contributed by atoms with Gasteiger partial charge >= 0.3 is 5.97 Å². The number of aliphatic hydroxyl groups is 1. The summed E-state index contributed by atoms with van der Waals surface area (Å²) >= 11 is 0. The quantitative estimate of drug-likeness (QED) is 0.556. The van der Waals surface area contributed by atoms with E-state index in [2.05, 4.69) is 0 Å². The molecule has 0 aromatic rings. The van der Waals surface area contributed by atoms with Crippen molar-refractivity contribution in [3.8, 4) is 0 Å². The molecule has 2 saturated heterocycles. The number of fused-ring (bicyclic) bond motifs is 2. The van der Waals surface area contributed by atoms with Gasteiger partial charge in [-0.05, 0) is 44.4 Å². The van der Waals surface area contributed by atoms with Crippen LogP contribution in [0.4, 0.5) is 0 Å². The lowest BCUT2D eigenvalue weighted by atomic mass is 9.89. The number of hydrogen-bond donors (Lipinski definition) is 1. The molecule has 0 spiro atoms. The van der Waals surface area contributed by atoms with Gasteiger partial charge in [0.1, 0.15) is 12.7 Å². The number of rotatable bonds is 7. The first kappa shape index (κ1) is 15.8. The van der Waals surface area contributed by atoms with Crippen LogP contribution in [0.2, 0.25) is 0 Å². The van der Waals surface area contributed by atoms with Crippen LogP contribution in [0.15, 0.2) is 0 Å². The Morgan fingerprint density at radius 3 is 2.48 bits per heavy atom. The highest BCUT2D eigenvalue weighted by atomic mass is 16.6. The van der Waals surface area contributed by atoms with E-state index in [-0.39, 0.29) is 31.2 Å². The Labute approximate surface area is 136 Å². The molecule has 0 bridgehead atoms. The van der Waals surface area contributed by atoms with Gasteiger partial charge in [0, 0.05) is 6.61 Å². The van der Waals surface area contributed by atoms with Crippen LogP contribution in [0.25, 0.3) is 0 Å². The minimum absolute atomic E-state index is 0.0166. The zero-order valence-electron chi connectivity index (χ0n) is 13.4. The number of ether oxygens (including phenoxy) is 4. The van der Waals surface area contributed by atoms with Gasteiger partial charge in [-0.15, -0.1) is 0 Å². The number of aliphatic hydroxyl groups excluding tert-OH is 1. The fourth-order valence-electron chi connectivity index (χ4n) is 3.97. The SMILES string of the molecule is O=C(OCC(O)COCC1CCC2OC2C1)C1CCC2OC2C1. The maximum absolute atomic E-state index is 12.0. The van der Waals surface area contributed by atoms with Gasteiger partial charge < -0.3 is 24.1 Å². The van der Waals surface area contributed by atoms with Crippen molar-refractivity contribution < 1.29 is 28.8 Å². The van der Waals surface area contributed by atoms with E-state index in [0.29, 0.717) is 30.8 Å². The molecule has 7 atom stereocenters. The highest BCUT2D eigenvalue weighted by Gasteiger charge is 2.46. The van der Waals surface area contributed by atoms with E-state index in [9.17, 15) is 9.90 Å². The van der Waals surface area contributed by atoms with Crippen LogP contribution in [0.1, 0.15) is 38.5 Å². The van der Waals surface area contributed by atoms with Crippen molar-refractivity contribution in [2.24, 2.45) is 11.8 Å². The van der Waals surface area contributed by atoms with Gasteiger partial charge in [-0.2, -0.15) is 0 Å². The number of hydrogen-bond acceptors (Lipinski definition) is 6. The van der Waals surface area contributed by atoms with E-state index < -0.39 is 6.10 Å². The molecule has 0 aromatic heterocycles. The van der Waals surface area contributed by atoms with Gasteiger partial charge in [0.05, 0.1) is 36.9 Å². The molecular weight excluding hydrogens is 300 g/mol. The van der Waals surface area contributed by atoms with Crippen LogP contribution in [0, 0.1) is 11.8 Å². The van der Waals surface area contributed by atoms with Crippen LogP contribution < -0.4 is 0 Å². The Bertz CT molecular complexity index is 441. The van der Waals surface area contributed by atoms with Gasteiger partial charge in [-0.1, -0.05) is 0 Å². The number of carbonyl (C=O) groups excluding carboxylic acids is 1. The highest BCUT2D eigenvalue weighted by molar-refractivity contribution is 5.72.